The number of aromatic nitrogens is 1. The van der Waals surface area contributed by atoms with Crippen LogP contribution in [0.1, 0.15) is 38.2 Å². The Balaban J connectivity index is 1.89. The van der Waals surface area contributed by atoms with Crippen LogP contribution in [0.4, 0.5) is 0 Å². The molecule has 0 bridgehead atoms. The zero-order valence-corrected chi connectivity index (χ0v) is 15.9. The summed E-state index contributed by atoms with van der Waals surface area (Å²) in [5.74, 6) is -0.749. The largest absolute Gasteiger partial charge is 0.350 e. The molecule has 2 amide bonds. The van der Waals surface area contributed by atoms with E-state index in [0.717, 1.165) is 42.1 Å². The Hall–Kier alpha value is -2.47. The molecule has 0 atom stereocenters. The van der Waals surface area contributed by atoms with E-state index >= 15 is 0 Å². The number of hydrogen-bond acceptors (Lipinski definition) is 3. The zero-order chi connectivity index (χ0) is 18.7. The van der Waals surface area contributed by atoms with Gasteiger partial charge in [0.05, 0.1) is 0 Å². The number of nitrogens with one attached hydrogen (secondary N) is 1. The van der Waals surface area contributed by atoms with Crippen molar-refractivity contribution in [3.05, 3.63) is 41.6 Å². The molecule has 0 radical (unpaired) electrons. The Bertz CT molecular complexity index is 898. The summed E-state index contributed by atoms with van der Waals surface area (Å²) in [6.07, 6.45) is 7.76. The molecule has 0 unspecified atom stereocenters. The molecule has 1 N–H and O–H groups in total. The van der Waals surface area contributed by atoms with Crippen molar-refractivity contribution >= 4 is 46.1 Å². The molecule has 3 rings (SSSR count). The predicted molar refractivity (Wildman–Crippen MR) is 107 cm³/mol. The normalized spacial score (nSPS) is 16.6. The van der Waals surface area contributed by atoms with Gasteiger partial charge in [0, 0.05) is 36.3 Å². The summed E-state index contributed by atoms with van der Waals surface area (Å²) in [4.78, 5) is 26.7. The Morgan fingerprint density at radius 3 is 2.69 bits per heavy atom. The maximum atomic E-state index is 12.9. The fourth-order valence-corrected chi connectivity index (χ4v) is 3.50. The van der Waals surface area contributed by atoms with Crippen molar-refractivity contribution in [2.75, 3.05) is 6.54 Å². The van der Waals surface area contributed by atoms with Gasteiger partial charge in [-0.15, -0.1) is 0 Å². The fraction of sp³-hybridized carbons (Fsp3) is 0.350. The van der Waals surface area contributed by atoms with Crippen molar-refractivity contribution in [1.82, 2.24) is 14.8 Å². The molecule has 136 valence electrons. The number of para-hydroxylation sites is 1. The highest BCUT2D eigenvalue weighted by Crippen LogP contribution is 2.24. The number of thiocarbonyl (C=S) groups is 1. The molecule has 26 heavy (non-hydrogen) atoms. The van der Waals surface area contributed by atoms with Crippen LogP contribution in [0.3, 0.4) is 0 Å². The van der Waals surface area contributed by atoms with Crippen LogP contribution in [-0.2, 0) is 16.6 Å². The van der Waals surface area contributed by atoms with Gasteiger partial charge in [-0.05, 0) is 30.8 Å². The maximum absolute atomic E-state index is 12.9. The third-order valence-corrected chi connectivity index (χ3v) is 4.97. The number of amides is 2. The summed E-state index contributed by atoms with van der Waals surface area (Å²) in [6, 6.07) is 7.91. The van der Waals surface area contributed by atoms with E-state index in [0.29, 0.717) is 6.54 Å². The molecule has 2 heterocycles. The van der Waals surface area contributed by atoms with Crippen LogP contribution >= 0.6 is 12.2 Å². The number of fused-ring (bicyclic) bond motifs is 1. The SMILES string of the molecule is CCCCCCN1C(=O)/C(=C\c2cn(C)c3ccccc23)C(=O)NC1=S. The van der Waals surface area contributed by atoms with Crippen molar-refractivity contribution in [2.24, 2.45) is 7.05 Å². The number of aryl methyl sites for hydroxylation is 1. The number of hydrogen-bond donors (Lipinski definition) is 1. The number of benzene rings is 1. The second kappa shape index (κ2) is 7.83. The third kappa shape index (κ3) is 3.55. The number of rotatable bonds is 6. The molecule has 2 aromatic rings. The lowest BCUT2D eigenvalue weighted by Crippen LogP contribution is -2.54. The molecule has 0 saturated carbocycles. The molecule has 1 aliphatic heterocycles. The smallest absolute Gasteiger partial charge is 0.265 e. The molecule has 1 aromatic carbocycles. The number of nitrogens with zero attached hydrogens (tertiary/aromatic N) is 2. The second-order valence-electron chi connectivity index (χ2n) is 6.55. The minimum Gasteiger partial charge on any atom is -0.350 e. The Morgan fingerprint density at radius 1 is 1.15 bits per heavy atom. The highest BCUT2D eigenvalue weighted by Gasteiger charge is 2.33. The van der Waals surface area contributed by atoms with Gasteiger partial charge in [-0.1, -0.05) is 44.4 Å². The Labute approximate surface area is 158 Å². The minimum absolute atomic E-state index is 0.130. The average Bonchev–Trinajstić information content (AvgIpc) is 2.94. The highest BCUT2D eigenvalue weighted by molar-refractivity contribution is 7.80. The fourth-order valence-electron chi connectivity index (χ4n) is 3.24. The van der Waals surface area contributed by atoms with Gasteiger partial charge in [-0.25, -0.2) is 0 Å². The topological polar surface area (TPSA) is 54.3 Å². The first-order valence-electron chi connectivity index (χ1n) is 8.96. The van der Waals surface area contributed by atoms with Gasteiger partial charge in [0.15, 0.2) is 5.11 Å². The average molecular weight is 369 g/mol. The first-order chi connectivity index (χ1) is 12.5. The molecule has 5 nitrogen and oxygen atoms in total. The molecule has 1 aliphatic rings. The van der Waals surface area contributed by atoms with E-state index in [4.69, 9.17) is 12.2 Å². The van der Waals surface area contributed by atoms with Crippen LogP contribution in [-0.4, -0.2) is 32.9 Å². The summed E-state index contributed by atoms with van der Waals surface area (Å²) in [6.45, 7) is 2.67. The number of carbonyl (C=O) groups is 2. The lowest BCUT2D eigenvalue weighted by molar-refractivity contribution is -0.128. The van der Waals surface area contributed by atoms with Gasteiger partial charge >= 0.3 is 0 Å². The second-order valence-corrected chi connectivity index (χ2v) is 6.93. The van der Waals surface area contributed by atoms with Crippen molar-refractivity contribution < 1.29 is 9.59 Å². The Kier molecular flexibility index (Phi) is 5.52. The van der Waals surface area contributed by atoms with Gasteiger partial charge in [0.1, 0.15) is 5.57 Å². The van der Waals surface area contributed by atoms with E-state index < -0.39 is 5.91 Å². The van der Waals surface area contributed by atoms with E-state index in [1.54, 1.807) is 6.08 Å². The molecular formula is C20H23N3O2S. The van der Waals surface area contributed by atoms with Crippen LogP contribution in [0.25, 0.3) is 17.0 Å². The van der Waals surface area contributed by atoms with Gasteiger partial charge in [-0.2, -0.15) is 0 Å². The van der Waals surface area contributed by atoms with E-state index in [1.165, 1.54) is 4.90 Å². The standard InChI is InChI=1S/C20H23N3O2S/c1-3-4-5-8-11-23-19(25)16(18(24)21-20(23)26)12-14-13-22(2)17-10-7-6-9-15(14)17/h6-7,9-10,12-13H,3-5,8,11H2,1-2H3,(H,21,24,26)/b16-12-. The molecule has 1 saturated heterocycles. The molecule has 0 aliphatic carbocycles. The monoisotopic (exact) mass is 369 g/mol. The van der Waals surface area contributed by atoms with E-state index in [9.17, 15) is 9.59 Å². The van der Waals surface area contributed by atoms with Gasteiger partial charge in [-0.3, -0.25) is 19.8 Å². The molecule has 1 fully saturated rings. The lowest BCUT2D eigenvalue weighted by atomic mass is 10.1. The maximum Gasteiger partial charge on any atom is 0.265 e. The van der Waals surface area contributed by atoms with Crippen LogP contribution < -0.4 is 5.32 Å². The van der Waals surface area contributed by atoms with Gasteiger partial charge in [0.25, 0.3) is 11.8 Å². The first kappa shape index (κ1) is 18.3. The molecule has 6 heteroatoms. The summed E-state index contributed by atoms with van der Waals surface area (Å²) in [5.41, 5.74) is 2.03. The van der Waals surface area contributed by atoms with Gasteiger partial charge in [0.2, 0.25) is 0 Å². The van der Waals surface area contributed by atoms with Crippen molar-refractivity contribution in [2.45, 2.75) is 32.6 Å². The molecule has 0 spiro atoms. The summed E-state index contributed by atoms with van der Waals surface area (Å²) < 4.78 is 1.99. The van der Waals surface area contributed by atoms with Crippen molar-refractivity contribution in [1.29, 1.82) is 0 Å². The summed E-state index contributed by atoms with van der Waals surface area (Å²) in [7, 11) is 1.95. The number of unbranched alkanes of at least 4 members (excludes halogenated alkanes) is 3. The van der Waals surface area contributed by atoms with E-state index in [2.05, 4.69) is 12.2 Å². The molecule has 1 aromatic heterocycles. The summed E-state index contributed by atoms with van der Waals surface area (Å²) in [5, 5.41) is 3.85. The Morgan fingerprint density at radius 2 is 1.92 bits per heavy atom. The van der Waals surface area contributed by atoms with Crippen LogP contribution in [0.5, 0.6) is 0 Å². The first-order valence-corrected chi connectivity index (χ1v) is 9.36. The van der Waals surface area contributed by atoms with Gasteiger partial charge < -0.3 is 4.57 Å². The van der Waals surface area contributed by atoms with Crippen molar-refractivity contribution in [3.63, 3.8) is 0 Å². The highest BCUT2D eigenvalue weighted by atomic mass is 32.1. The zero-order valence-electron chi connectivity index (χ0n) is 15.1. The van der Waals surface area contributed by atoms with E-state index in [-0.39, 0.29) is 16.6 Å². The number of carbonyl (C=O) groups excluding carboxylic acids is 2. The third-order valence-electron chi connectivity index (χ3n) is 4.65. The van der Waals surface area contributed by atoms with Crippen LogP contribution in [0, 0.1) is 0 Å². The molecular weight excluding hydrogens is 346 g/mol. The lowest BCUT2D eigenvalue weighted by Gasteiger charge is -2.28. The van der Waals surface area contributed by atoms with Crippen LogP contribution in [0.2, 0.25) is 0 Å². The summed E-state index contributed by atoms with van der Waals surface area (Å²) >= 11 is 5.20. The quantitative estimate of drug-likeness (QED) is 0.368. The van der Waals surface area contributed by atoms with Crippen LogP contribution in [0.15, 0.2) is 36.0 Å². The predicted octanol–water partition coefficient (Wildman–Crippen LogP) is 3.39. The van der Waals surface area contributed by atoms with E-state index in [1.807, 2.05) is 42.1 Å². The van der Waals surface area contributed by atoms with Crippen molar-refractivity contribution in [3.8, 4) is 0 Å². The minimum atomic E-state index is -0.433.